The molecular formula is C17H27N3O. The van der Waals surface area contributed by atoms with Crippen LogP contribution in [0.5, 0.6) is 0 Å². The maximum absolute atomic E-state index is 12.3. The number of rotatable bonds is 5. The monoisotopic (exact) mass is 289 g/mol. The van der Waals surface area contributed by atoms with Crippen molar-refractivity contribution >= 4 is 5.91 Å². The van der Waals surface area contributed by atoms with Crippen LogP contribution in [0.2, 0.25) is 0 Å². The van der Waals surface area contributed by atoms with Gasteiger partial charge in [0.2, 0.25) is 5.91 Å². The average molecular weight is 289 g/mol. The van der Waals surface area contributed by atoms with Crippen molar-refractivity contribution in [1.82, 2.24) is 15.1 Å². The first kappa shape index (κ1) is 14.9. The molecule has 1 atom stereocenters. The maximum atomic E-state index is 12.3. The number of nitrogens with one attached hydrogen (secondary N) is 1. The molecule has 3 rings (SSSR count). The zero-order chi connectivity index (χ0) is 14.7. The summed E-state index contributed by atoms with van der Waals surface area (Å²) in [7, 11) is 0. The summed E-state index contributed by atoms with van der Waals surface area (Å²) in [6.07, 6.45) is 11.3. The van der Waals surface area contributed by atoms with E-state index in [1.807, 2.05) is 0 Å². The van der Waals surface area contributed by atoms with E-state index in [1.54, 1.807) is 0 Å². The van der Waals surface area contributed by atoms with Gasteiger partial charge in [-0.2, -0.15) is 0 Å². The molecule has 0 radical (unpaired) electrons. The molecule has 0 spiro atoms. The van der Waals surface area contributed by atoms with Gasteiger partial charge in [-0.3, -0.25) is 9.69 Å². The topological polar surface area (TPSA) is 35.6 Å². The van der Waals surface area contributed by atoms with Crippen LogP contribution in [-0.2, 0) is 4.79 Å². The molecule has 4 heteroatoms. The van der Waals surface area contributed by atoms with Crippen LogP contribution >= 0.6 is 0 Å². The van der Waals surface area contributed by atoms with Gasteiger partial charge in [-0.1, -0.05) is 5.92 Å². The molecule has 2 aliphatic heterocycles. The normalized spacial score (nSPS) is 28.4. The van der Waals surface area contributed by atoms with Gasteiger partial charge < -0.3 is 10.2 Å². The van der Waals surface area contributed by atoms with Gasteiger partial charge in [-0.25, -0.2) is 0 Å². The Hall–Kier alpha value is -1.05. The van der Waals surface area contributed by atoms with E-state index in [2.05, 4.69) is 21.0 Å². The number of amides is 1. The second-order valence-corrected chi connectivity index (χ2v) is 6.88. The SMILES string of the molecule is C#CCN1CCC(C(=O)NC[C@H]2CCN(C3CC3)C2)CC1. The van der Waals surface area contributed by atoms with Crippen LogP contribution in [0.25, 0.3) is 0 Å². The highest BCUT2D eigenvalue weighted by Gasteiger charge is 2.34. The quantitative estimate of drug-likeness (QED) is 0.765. The summed E-state index contributed by atoms with van der Waals surface area (Å²) in [5, 5.41) is 3.20. The van der Waals surface area contributed by atoms with E-state index in [0.717, 1.165) is 38.5 Å². The zero-order valence-corrected chi connectivity index (χ0v) is 12.9. The fraction of sp³-hybridized carbons (Fsp3) is 0.824. The molecule has 4 nitrogen and oxygen atoms in total. The van der Waals surface area contributed by atoms with Crippen LogP contribution in [0.1, 0.15) is 32.1 Å². The Morgan fingerprint density at radius 2 is 1.90 bits per heavy atom. The van der Waals surface area contributed by atoms with Gasteiger partial charge in [-0.15, -0.1) is 6.42 Å². The third kappa shape index (κ3) is 3.99. The fourth-order valence-electron chi connectivity index (χ4n) is 3.67. The summed E-state index contributed by atoms with van der Waals surface area (Å²) < 4.78 is 0. The lowest BCUT2D eigenvalue weighted by Crippen LogP contribution is -2.42. The summed E-state index contributed by atoms with van der Waals surface area (Å²) in [4.78, 5) is 17.1. The summed E-state index contributed by atoms with van der Waals surface area (Å²) in [6.45, 7) is 5.92. The lowest BCUT2D eigenvalue weighted by molar-refractivity contribution is -0.126. The van der Waals surface area contributed by atoms with E-state index in [-0.39, 0.29) is 11.8 Å². The van der Waals surface area contributed by atoms with Crippen LogP contribution < -0.4 is 5.32 Å². The van der Waals surface area contributed by atoms with Crippen LogP contribution in [0.15, 0.2) is 0 Å². The molecule has 1 N–H and O–H groups in total. The van der Waals surface area contributed by atoms with E-state index in [4.69, 9.17) is 6.42 Å². The van der Waals surface area contributed by atoms with Crippen LogP contribution in [0.3, 0.4) is 0 Å². The van der Waals surface area contributed by atoms with Crippen molar-refractivity contribution in [1.29, 1.82) is 0 Å². The Balaban J connectivity index is 1.34. The Labute approximate surface area is 128 Å². The number of carbonyl (C=O) groups excluding carboxylic acids is 1. The third-order valence-electron chi connectivity index (χ3n) is 5.22. The van der Waals surface area contributed by atoms with Gasteiger partial charge in [0, 0.05) is 25.0 Å². The largest absolute Gasteiger partial charge is 0.356 e. The Bertz CT molecular complexity index is 405. The number of hydrogen-bond donors (Lipinski definition) is 1. The third-order valence-corrected chi connectivity index (χ3v) is 5.22. The molecule has 116 valence electrons. The highest BCUT2D eigenvalue weighted by Crippen LogP contribution is 2.31. The molecule has 1 saturated carbocycles. The summed E-state index contributed by atoms with van der Waals surface area (Å²) in [5.41, 5.74) is 0. The van der Waals surface area contributed by atoms with Gasteiger partial charge >= 0.3 is 0 Å². The van der Waals surface area contributed by atoms with E-state index in [0.29, 0.717) is 12.5 Å². The van der Waals surface area contributed by atoms with Crippen molar-refractivity contribution < 1.29 is 4.79 Å². The molecule has 21 heavy (non-hydrogen) atoms. The zero-order valence-electron chi connectivity index (χ0n) is 12.9. The molecule has 0 aromatic heterocycles. The minimum atomic E-state index is 0.194. The molecule has 0 aromatic carbocycles. The fourth-order valence-corrected chi connectivity index (χ4v) is 3.67. The maximum Gasteiger partial charge on any atom is 0.223 e. The highest BCUT2D eigenvalue weighted by atomic mass is 16.1. The molecule has 0 unspecified atom stereocenters. The molecule has 2 heterocycles. The van der Waals surface area contributed by atoms with E-state index >= 15 is 0 Å². The van der Waals surface area contributed by atoms with E-state index in [1.165, 1.54) is 32.4 Å². The van der Waals surface area contributed by atoms with Crippen LogP contribution in [0.4, 0.5) is 0 Å². The first-order valence-electron chi connectivity index (χ1n) is 8.44. The molecule has 0 aromatic rings. The van der Waals surface area contributed by atoms with Gasteiger partial charge in [0.05, 0.1) is 6.54 Å². The predicted molar refractivity (Wildman–Crippen MR) is 83.7 cm³/mol. The number of terminal acetylenes is 1. The average Bonchev–Trinajstić information content (AvgIpc) is 3.25. The predicted octanol–water partition coefficient (Wildman–Crippen LogP) is 0.932. The van der Waals surface area contributed by atoms with Crippen LogP contribution in [0, 0.1) is 24.2 Å². The van der Waals surface area contributed by atoms with Crippen molar-refractivity contribution in [3.63, 3.8) is 0 Å². The lowest BCUT2D eigenvalue weighted by Gasteiger charge is -2.30. The van der Waals surface area contributed by atoms with Crippen molar-refractivity contribution in [2.45, 2.75) is 38.1 Å². The van der Waals surface area contributed by atoms with Gasteiger partial charge in [0.25, 0.3) is 0 Å². The minimum absolute atomic E-state index is 0.194. The first-order valence-corrected chi connectivity index (χ1v) is 8.44. The van der Waals surface area contributed by atoms with Crippen molar-refractivity contribution in [2.24, 2.45) is 11.8 Å². The minimum Gasteiger partial charge on any atom is -0.356 e. The molecule has 3 aliphatic rings. The molecule has 2 saturated heterocycles. The standard InChI is InChI=1S/C17H27N3O/c1-2-8-19-9-6-15(7-10-19)17(21)18-12-14-5-11-20(13-14)16-3-4-16/h1,14-16H,3-13H2,(H,18,21)/t14-/m1/s1. The number of nitrogens with zero attached hydrogens (tertiary/aromatic N) is 2. The molecule has 1 aliphatic carbocycles. The molecule has 0 bridgehead atoms. The number of piperidine rings is 1. The smallest absolute Gasteiger partial charge is 0.223 e. The summed E-state index contributed by atoms with van der Waals surface area (Å²) in [6, 6.07) is 0.867. The van der Waals surface area contributed by atoms with Crippen molar-refractivity contribution in [2.75, 3.05) is 39.3 Å². The second kappa shape index (κ2) is 6.81. The Kier molecular flexibility index (Phi) is 4.82. The number of likely N-dealkylation sites (tertiary alicyclic amines) is 2. The first-order chi connectivity index (χ1) is 10.3. The van der Waals surface area contributed by atoms with E-state index in [9.17, 15) is 4.79 Å². The Morgan fingerprint density at radius 1 is 1.14 bits per heavy atom. The lowest BCUT2D eigenvalue weighted by atomic mass is 9.95. The molecule has 3 fully saturated rings. The molecule has 1 amide bonds. The molecular weight excluding hydrogens is 262 g/mol. The van der Waals surface area contributed by atoms with E-state index < -0.39 is 0 Å². The highest BCUT2D eigenvalue weighted by molar-refractivity contribution is 5.78. The van der Waals surface area contributed by atoms with Gasteiger partial charge in [0.1, 0.15) is 0 Å². The number of hydrogen-bond acceptors (Lipinski definition) is 3. The summed E-state index contributed by atoms with van der Waals surface area (Å²) in [5.74, 6) is 3.80. The second-order valence-electron chi connectivity index (χ2n) is 6.88. The number of carbonyl (C=O) groups is 1. The van der Waals surface area contributed by atoms with Gasteiger partial charge in [-0.05, 0) is 57.7 Å². The Morgan fingerprint density at radius 3 is 2.57 bits per heavy atom. The summed E-state index contributed by atoms with van der Waals surface area (Å²) >= 11 is 0. The van der Waals surface area contributed by atoms with Crippen LogP contribution in [-0.4, -0.2) is 61.0 Å². The van der Waals surface area contributed by atoms with Crippen molar-refractivity contribution in [3.8, 4) is 12.3 Å². The van der Waals surface area contributed by atoms with Crippen molar-refractivity contribution in [3.05, 3.63) is 0 Å². The van der Waals surface area contributed by atoms with Gasteiger partial charge in [0.15, 0.2) is 0 Å².